The second-order valence-corrected chi connectivity index (χ2v) is 4.85. The zero-order chi connectivity index (χ0) is 12.4. The Kier molecular flexibility index (Phi) is 9.30. The third kappa shape index (κ3) is 8.72. The molecule has 0 rings (SSSR count). The minimum Gasteiger partial charge on any atom is -0.480 e. The standard InChI is InChI=1S/C13H27NO2/c1-4-12(13(15)16)14-10-8-6-5-7-9-11(2)3/h11-12,14H,4-10H2,1-3H3,(H,15,16). The van der Waals surface area contributed by atoms with Crippen LogP contribution >= 0.6 is 0 Å². The largest absolute Gasteiger partial charge is 0.480 e. The second kappa shape index (κ2) is 9.64. The van der Waals surface area contributed by atoms with Crippen LogP contribution in [-0.4, -0.2) is 23.7 Å². The first-order valence-electron chi connectivity index (χ1n) is 6.54. The Morgan fingerprint density at radius 1 is 1.19 bits per heavy atom. The number of hydrogen-bond acceptors (Lipinski definition) is 2. The highest BCUT2D eigenvalue weighted by Crippen LogP contribution is 2.09. The van der Waals surface area contributed by atoms with Gasteiger partial charge in [0, 0.05) is 0 Å². The van der Waals surface area contributed by atoms with E-state index in [1.54, 1.807) is 0 Å². The van der Waals surface area contributed by atoms with E-state index >= 15 is 0 Å². The lowest BCUT2D eigenvalue weighted by Gasteiger charge is -2.11. The van der Waals surface area contributed by atoms with Crippen LogP contribution in [0.2, 0.25) is 0 Å². The molecular formula is C13H27NO2. The van der Waals surface area contributed by atoms with Crippen molar-refractivity contribution in [2.75, 3.05) is 6.54 Å². The molecule has 3 heteroatoms. The summed E-state index contributed by atoms with van der Waals surface area (Å²) in [6, 6.07) is -0.365. The second-order valence-electron chi connectivity index (χ2n) is 4.85. The summed E-state index contributed by atoms with van der Waals surface area (Å²) in [5.74, 6) is 0.0666. The van der Waals surface area contributed by atoms with Gasteiger partial charge >= 0.3 is 5.97 Å². The molecule has 3 nitrogen and oxygen atoms in total. The van der Waals surface area contributed by atoms with E-state index in [1.807, 2.05) is 6.92 Å². The monoisotopic (exact) mass is 229 g/mol. The predicted octanol–water partition coefficient (Wildman–Crippen LogP) is 3.05. The minimum absolute atomic E-state index is 0.365. The van der Waals surface area contributed by atoms with Gasteiger partial charge in [-0.3, -0.25) is 4.79 Å². The Morgan fingerprint density at radius 2 is 1.81 bits per heavy atom. The van der Waals surface area contributed by atoms with Crippen molar-refractivity contribution >= 4 is 5.97 Å². The summed E-state index contributed by atoms with van der Waals surface area (Å²) in [5.41, 5.74) is 0. The Morgan fingerprint density at radius 3 is 2.31 bits per heavy atom. The summed E-state index contributed by atoms with van der Waals surface area (Å²) in [6.45, 7) is 7.22. The average Bonchev–Trinajstić information content (AvgIpc) is 2.21. The molecule has 0 aliphatic carbocycles. The Bertz CT molecular complexity index is 181. The molecule has 2 N–H and O–H groups in total. The zero-order valence-corrected chi connectivity index (χ0v) is 11.0. The summed E-state index contributed by atoms with van der Waals surface area (Å²) in [4.78, 5) is 10.7. The highest BCUT2D eigenvalue weighted by atomic mass is 16.4. The van der Waals surface area contributed by atoms with Crippen LogP contribution < -0.4 is 5.32 Å². The molecule has 0 aliphatic heterocycles. The van der Waals surface area contributed by atoms with Crippen molar-refractivity contribution in [1.29, 1.82) is 0 Å². The number of nitrogens with one attached hydrogen (secondary N) is 1. The fraction of sp³-hybridized carbons (Fsp3) is 0.923. The van der Waals surface area contributed by atoms with Gasteiger partial charge in [-0.25, -0.2) is 0 Å². The van der Waals surface area contributed by atoms with Gasteiger partial charge in [0.2, 0.25) is 0 Å². The van der Waals surface area contributed by atoms with Gasteiger partial charge < -0.3 is 10.4 Å². The number of carboxylic acid groups (broad SMARTS) is 1. The van der Waals surface area contributed by atoms with Crippen molar-refractivity contribution in [2.24, 2.45) is 5.92 Å². The van der Waals surface area contributed by atoms with E-state index in [1.165, 1.54) is 25.7 Å². The van der Waals surface area contributed by atoms with E-state index < -0.39 is 5.97 Å². The van der Waals surface area contributed by atoms with Crippen molar-refractivity contribution in [2.45, 2.75) is 65.3 Å². The Balaban J connectivity index is 3.29. The number of hydrogen-bond donors (Lipinski definition) is 2. The van der Waals surface area contributed by atoms with Crippen LogP contribution in [0.5, 0.6) is 0 Å². The van der Waals surface area contributed by atoms with Crippen molar-refractivity contribution in [1.82, 2.24) is 5.32 Å². The van der Waals surface area contributed by atoms with E-state index in [9.17, 15) is 4.79 Å². The molecule has 16 heavy (non-hydrogen) atoms. The minimum atomic E-state index is -0.734. The maximum Gasteiger partial charge on any atom is 0.320 e. The highest BCUT2D eigenvalue weighted by molar-refractivity contribution is 5.73. The molecule has 0 fully saturated rings. The van der Waals surface area contributed by atoms with Gasteiger partial charge in [-0.1, -0.05) is 46.5 Å². The first-order valence-corrected chi connectivity index (χ1v) is 6.54. The number of aliphatic carboxylic acids is 1. The molecule has 0 saturated heterocycles. The third-order valence-electron chi connectivity index (χ3n) is 2.81. The topological polar surface area (TPSA) is 49.3 Å². The molecule has 1 unspecified atom stereocenters. The van der Waals surface area contributed by atoms with E-state index in [4.69, 9.17) is 5.11 Å². The number of rotatable bonds is 10. The molecule has 1 atom stereocenters. The van der Waals surface area contributed by atoms with E-state index in [-0.39, 0.29) is 6.04 Å². The fourth-order valence-electron chi connectivity index (χ4n) is 1.71. The smallest absolute Gasteiger partial charge is 0.320 e. The number of carbonyl (C=O) groups is 1. The molecule has 0 spiro atoms. The zero-order valence-electron chi connectivity index (χ0n) is 11.0. The lowest BCUT2D eigenvalue weighted by atomic mass is 10.0. The van der Waals surface area contributed by atoms with Gasteiger partial charge in [0.1, 0.15) is 6.04 Å². The predicted molar refractivity (Wildman–Crippen MR) is 67.6 cm³/mol. The highest BCUT2D eigenvalue weighted by Gasteiger charge is 2.12. The fourth-order valence-corrected chi connectivity index (χ4v) is 1.71. The van der Waals surface area contributed by atoms with Crippen molar-refractivity contribution in [3.8, 4) is 0 Å². The van der Waals surface area contributed by atoms with Crippen LogP contribution in [0.1, 0.15) is 59.3 Å². The lowest BCUT2D eigenvalue weighted by molar-refractivity contribution is -0.139. The Labute approximate surface area is 99.6 Å². The number of unbranched alkanes of at least 4 members (excludes halogenated alkanes) is 3. The summed E-state index contributed by atoms with van der Waals surface area (Å²) in [7, 11) is 0. The van der Waals surface area contributed by atoms with Crippen LogP contribution in [0.4, 0.5) is 0 Å². The summed E-state index contributed by atoms with van der Waals surface area (Å²) < 4.78 is 0. The SMILES string of the molecule is CCC(NCCCCCCC(C)C)C(=O)O. The summed E-state index contributed by atoms with van der Waals surface area (Å²) in [5, 5.41) is 11.9. The van der Waals surface area contributed by atoms with Gasteiger partial charge in [-0.15, -0.1) is 0 Å². The maximum atomic E-state index is 10.7. The van der Waals surface area contributed by atoms with Gasteiger partial charge in [0.15, 0.2) is 0 Å². The maximum absolute atomic E-state index is 10.7. The van der Waals surface area contributed by atoms with E-state index in [0.29, 0.717) is 6.42 Å². The van der Waals surface area contributed by atoms with Crippen LogP contribution in [0.15, 0.2) is 0 Å². The normalized spacial score (nSPS) is 13.0. The molecule has 0 radical (unpaired) electrons. The molecule has 96 valence electrons. The molecule has 0 saturated carbocycles. The Hall–Kier alpha value is -0.570. The molecule has 0 aromatic heterocycles. The molecule has 0 aliphatic rings. The van der Waals surface area contributed by atoms with Gasteiger partial charge in [0.05, 0.1) is 0 Å². The quantitative estimate of drug-likeness (QED) is 0.566. The van der Waals surface area contributed by atoms with Crippen molar-refractivity contribution < 1.29 is 9.90 Å². The molecule has 0 heterocycles. The third-order valence-corrected chi connectivity index (χ3v) is 2.81. The van der Waals surface area contributed by atoms with Crippen molar-refractivity contribution in [3.05, 3.63) is 0 Å². The molecule has 0 aromatic rings. The van der Waals surface area contributed by atoms with Crippen LogP contribution in [0.25, 0.3) is 0 Å². The molecular weight excluding hydrogens is 202 g/mol. The average molecular weight is 229 g/mol. The van der Waals surface area contributed by atoms with E-state index in [2.05, 4.69) is 19.2 Å². The van der Waals surface area contributed by atoms with Crippen LogP contribution in [0, 0.1) is 5.92 Å². The first kappa shape index (κ1) is 15.4. The van der Waals surface area contributed by atoms with Gasteiger partial charge in [0.25, 0.3) is 0 Å². The van der Waals surface area contributed by atoms with Crippen LogP contribution in [-0.2, 0) is 4.79 Å². The molecule has 0 amide bonds. The number of carboxylic acids is 1. The lowest BCUT2D eigenvalue weighted by Crippen LogP contribution is -2.36. The summed E-state index contributed by atoms with van der Waals surface area (Å²) in [6.07, 6.45) is 6.82. The summed E-state index contributed by atoms with van der Waals surface area (Å²) >= 11 is 0. The first-order chi connectivity index (χ1) is 7.57. The van der Waals surface area contributed by atoms with Crippen LogP contribution in [0.3, 0.4) is 0 Å². The van der Waals surface area contributed by atoms with E-state index in [0.717, 1.165) is 18.9 Å². The molecule has 0 bridgehead atoms. The van der Waals surface area contributed by atoms with Gasteiger partial charge in [-0.05, 0) is 25.3 Å². The van der Waals surface area contributed by atoms with Crippen molar-refractivity contribution in [3.63, 3.8) is 0 Å². The van der Waals surface area contributed by atoms with Gasteiger partial charge in [-0.2, -0.15) is 0 Å². The molecule has 0 aromatic carbocycles.